The summed E-state index contributed by atoms with van der Waals surface area (Å²) in [6, 6.07) is 6.48. The third-order valence-electron chi connectivity index (χ3n) is 4.90. The number of alkyl halides is 3. The van der Waals surface area contributed by atoms with Crippen molar-refractivity contribution in [2.75, 3.05) is 5.32 Å². The van der Waals surface area contributed by atoms with Crippen LogP contribution in [0.1, 0.15) is 36.0 Å². The van der Waals surface area contributed by atoms with Gasteiger partial charge in [0.15, 0.2) is 6.10 Å². The Morgan fingerprint density at radius 2 is 1.85 bits per heavy atom. The fraction of sp³-hybridized carbons (Fsp3) is 0.273. The van der Waals surface area contributed by atoms with Gasteiger partial charge in [-0.25, -0.2) is 8.78 Å². The van der Waals surface area contributed by atoms with Crippen molar-refractivity contribution in [3.8, 4) is 17.0 Å². The van der Waals surface area contributed by atoms with Crippen LogP contribution in [0.2, 0.25) is 5.02 Å². The fourth-order valence-corrected chi connectivity index (χ4v) is 3.29. The van der Waals surface area contributed by atoms with Gasteiger partial charge in [-0.05, 0) is 44.2 Å². The Morgan fingerprint density at radius 1 is 1.18 bits per heavy atom. The molecule has 0 aliphatic heterocycles. The molecule has 2 N–H and O–H groups in total. The van der Waals surface area contributed by atoms with Gasteiger partial charge in [-0.2, -0.15) is 18.3 Å². The number of amides is 1. The maximum atomic E-state index is 15.0. The highest BCUT2D eigenvalue weighted by atomic mass is 35.5. The molecule has 0 aliphatic carbocycles. The Labute approximate surface area is 195 Å². The summed E-state index contributed by atoms with van der Waals surface area (Å²) in [7, 11) is 1.49. The first-order valence-electron chi connectivity index (χ1n) is 9.84. The number of benzene rings is 2. The highest BCUT2D eigenvalue weighted by Crippen LogP contribution is 2.35. The van der Waals surface area contributed by atoms with Crippen LogP contribution in [0.25, 0.3) is 11.3 Å². The molecular weight excluding hydrogens is 485 g/mol. The van der Waals surface area contributed by atoms with Crippen molar-refractivity contribution < 1.29 is 36.6 Å². The van der Waals surface area contributed by atoms with E-state index in [-0.39, 0.29) is 16.3 Å². The number of carbonyl (C=O) groups is 1. The predicted octanol–water partition coefficient (Wildman–Crippen LogP) is 5.65. The Hall–Kier alpha value is -3.18. The molecule has 1 aromatic heterocycles. The van der Waals surface area contributed by atoms with Gasteiger partial charge in [0.05, 0.1) is 33.8 Å². The zero-order chi connectivity index (χ0) is 25.4. The number of aliphatic hydroxyl groups is 1. The van der Waals surface area contributed by atoms with Crippen LogP contribution in [0.3, 0.4) is 0 Å². The van der Waals surface area contributed by atoms with E-state index >= 15 is 4.39 Å². The van der Waals surface area contributed by atoms with Crippen LogP contribution in [0, 0.1) is 11.6 Å². The van der Waals surface area contributed by atoms with Gasteiger partial charge in [-0.3, -0.25) is 9.48 Å². The van der Waals surface area contributed by atoms with Crippen molar-refractivity contribution in [2.24, 2.45) is 7.05 Å². The van der Waals surface area contributed by atoms with Crippen molar-refractivity contribution >= 4 is 23.2 Å². The van der Waals surface area contributed by atoms with Crippen LogP contribution in [-0.2, 0) is 7.05 Å². The lowest BCUT2D eigenvalue weighted by atomic mass is 10.0. The average Bonchev–Trinajstić information content (AvgIpc) is 3.12. The van der Waals surface area contributed by atoms with Gasteiger partial charge in [0.2, 0.25) is 0 Å². The standard InChI is InChI=1S/C22H19ClF5N3O3/c1-10(32)18-9-17(30-31(18)3)12-8-19(34-11(2)22(26,27)28)13(7-16(12)25)21(33)29-20-14(23)5-4-6-15(20)24/h4-11,32H,1-3H3,(H,29,33)/t10-,11?/m0/s1. The number of aliphatic hydroxyl groups excluding tert-OH is 1. The monoisotopic (exact) mass is 503 g/mol. The first-order chi connectivity index (χ1) is 15.8. The lowest BCUT2D eigenvalue weighted by Gasteiger charge is -2.20. The highest BCUT2D eigenvalue weighted by Gasteiger charge is 2.39. The van der Waals surface area contributed by atoms with Crippen molar-refractivity contribution in [3.05, 3.63) is 64.3 Å². The van der Waals surface area contributed by atoms with Gasteiger partial charge in [0.1, 0.15) is 17.4 Å². The molecule has 6 nitrogen and oxygen atoms in total. The second-order valence-corrected chi connectivity index (χ2v) is 7.84. The molecule has 0 spiro atoms. The minimum Gasteiger partial charge on any atom is -0.480 e. The molecule has 0 aliphatic rings. The molecule has 0 bridgehead atoms. The normalized spacial score (nSPS) is 13.5. The number of ether oxygens (including phenoxy) is 1. The van der Waals surface area contributed by atoms with E-state index in [4.69, 9.17) is 16.3 Å². The number of hydrogen-bond donors (Lipinski definition) is 2. The second kappa shape index (κ2) is 9.59. The fourth-order valence-electron chi connectivity index (χ4n) is 3.08. The van der Waals surface area contributed by atoms with E-state index in [2.05, 4.69) is 10.4 Å². The zero-order valence-electron chi connectivity index (χ0n) is 18.0. The van der Waals surface area contributed by atoms with Crippen LogP contribution in [0.4, 0.5) is 27.6 Å². The SMILES string of the molecule is CC(Oc1cc(-c2cc([C@H](C)O)n(C)n2)c(F)cc1C(=O)Nc1c(F)cccc1Cl)C(F)(F)F. The van der Waals surface area contributed by atoms with Gasteiger partial charge >= 0.3 is 6.18 Å². The largest absolute Gasteiger partial charge is 0.480 e. The average molecular weight is 504 g/mol. The number of anilines is 1. The van der Waals surface area contributed by atoms with Gasteiger partial charge < -0.3 is 15.2 Å². The molecule has 2 aromatic carbocycles. The number of hydrogen-bond acceptors (Lipinski definition) is 4. The molecule has 0 saturated heterocycles. The van der Waals surface area contributed by atoms with Crippen LogP contribution in [0.15, 0.2) is 36.4 Å². The van der Waals surface area contributed by atoms with Gasteiger partial charge in [0.25, 0.3) is 5.91 Å². The third-order valence-corrected chi connectivity index (χ3v) is 5.21. The summed E-state index contributed by atoms with van der Waals surface area (Å²) in [6.07, 6.45) is -8.10. The van der Waals surface area contributed by atoms with E-state index < -0.39 is 52.9 Å². The summed E-state index contributed by atoms with van der Waals surface area (Å²) in [5.74, 6) is -3.67. The first kappa shape index (κ1) is 25.4. The third kappa shape index (κ3) is 5.31. The molecular formula is C22H19ClF5N3O3. The minimum atomic E-state index is -4.79. The molecule has 34 heavy (non-hydrogen) atoms. The van der Waals surface area contributed by atoms with E-state index in [0.29, 0.717) is 18.7 Å². The van der Waals surface area contributed by atoms with E-state index in [1.807, 2.05) is 0 Å². The number of aryl methyl sites for hydroxylation is 1. The Bertz CT molecular complexity index is 1210. The van der Waals surface area contributed by atoms with E-state index in [0.717, 1.165) is 12.1 Å². The Morgan fingerprint density at radius 3 is 2.41 bits per heavy atom. The van der Waals surface area contributed by atoms with E-state index in [9.17, 15) is 27.5 Å². The van der Waals surface area contributed by atoms with Crippen molar-refractivity contribution in [1.82, 2.24) is 9.78 Å². The van der Waals surface area contributed by atoms with Gasteiger partial charge in [0, 0.05) is 12.6 Å². The minimum absolute atomic E-state index is 0.00971. The highest BCUT2D eigenvalue weighted by molar-refractivity contribution is 6.34. The molecule has 3 rings (SSSR count). The molecule has 2 atom stereocenters. The second-order valence-electron chi connectivity index (χ2n) is 7.43. The number of aromatic nitrogens is 2. The maximum Gasteiger partial charge on any atom is 0.425 e. The Balaban J connectivity index is 2.10. The van der Waals surface area contributed by atoms with Gasteiger partial charge in [-0.1, -0.05) is 17.7 Å². The summed E-state index contributed by atoms with van der Waals surface area (Å²) in [4.78, 5) is 12.8. The van der Waals surface area contributed by atoms with Crippen LogP contribution in [-0.4, -0.2) is 33.1 Å². The number of nitrogens with zero attached hydrogens (tertiary/aromatic N) is 2. The predicted molar refractivity (Wildman–Crippen MR) is 115 cm³/mol. The molecule has 1 amide bonds. The molecule has 1 unspecified atom stereocenters. The number of nitrogens with one attached hydrogen (secondary N) is 1. The first-order valence-corrected chi connectivity index (χ1v) is 10.2. The van der Waals surface area contributed by atoms with Crippen molar-refractivity contribution in [1.29, 1.82) is 0 Å². The van der Waals surface area contributed by atoms with Gasteiger partial charge in [-0.15, -0.1) is 0 Å². The summed E-state index contributed by atoms with van der Waals surface area (Å²) >= 11 is 5.88. The summed E-state index contributed by atoms with van der Waals surface area (Å²) in [5, 5.41) is 15.8. The molecule has 1 heterocycles. The van der Waals surface area contributed by atoms with Crippen molar-refractivity contribution in [3.63, 3.8) is 0 Å². The number of halogens is 6. The number of carbonyl (C=O) groups excluding carboxylic acids is 1. The number of para-hydroxylation sites is 1. The zero-order valence-corrected chi connectivity index (χ0v) is 18.8. The van der Waals surface area contributed by atoms with Crippen LogP contribution in [0.5, 0.6) is 5.75 Å². The Kier molecular flexibility index (Phi) is 7.18. The lowest BCUT2D eigenvalue weighted by Crippen LogP contribution is -2.32. The molecule has 3 aromatic rings. The molecule has 182 valence electrons. The summed E-state index contributed by atoms with van der Waals surface area (Å²) in [6.45, 7) is 2.17. The maximum absolute atomic E-state index is 15.0. The molecule has 0 fully saturated rings. The van der Waals surface area contributed by atoms with E-state index in [1.54, 1.807) is 0 Å². The molecule has 0 radical (unpaired) electrons. The van der Waals surface area contributed by atoms with Crippen LogP contribution >= 0.6 is 11.6 Å². The van der Waals surface area contributed by atoms with Crippen molar-refractivity contribution in [2.45, 2.75) is 32.2 Å². The smallest absolute Gasteiger partial charge is 0.425 e. The molecule has 12 heteroatoms. The summed E-state index contributed by atoms with van der Waals surface area (Å²) < 4.78 is 74.8. The van der Waals surface area contributed by atoms with E-state index in [1.165, 1.54) is 36.9 Å². The quantitative estimate of drug-likeness (QED) is 0.426. The lowest BCUT2D eigenvalue weighted by molar-refractivity contribution is -0.189. The number of rotatable bonds is 6. The topological polar surface area (TPSA) is 76.4 Å². The van der Waals surface area contributed by atoms with Crippen LogP contribution < -0.4 is 10.1 Å². The summed E-state index contributed by atoms with van der Waals surface area (Å²) in [5.41, 5.74) is -1.02. The molecule has 0 saturated carbocycles.